The Morgan fingerprint density at radius 3 is 2.33 bits per heavy atom. The van der Waals surface area contributed by atoms with E-state index in [0.29, 0.717) is 10.5 Å². The van der Waals surface area contributed by atoms with Crippen molar-refractivity contribution in [3.8, 4) is 17.2 Å². The highest BCUT2D eigenvalue weighted by molar-refractivity contribution is 8.03. The summed E-state index contributed by atoms with van der Waals surface area (Å²) < 4.78 is 13.5. The molecule has 0 fully saturated rings. The molecule has 0 radical (unpaired) electrons. The van der Waals surface area contributed by atoms with Crippen LogP contribution in [0, 0.1) is 28.3 Å². The van der Waals surface area contributed by atoms with Crippen LogP contribution in [-0.4, -0.2) is 0 Å². The molecule has 2 rings (SSSR count). The number of thioether (sulfide) groups is 1. The lowest BCUT2D eigenvalue weighted by atomic mass is 10.2. The molecule has 0 aliphatic rings. The second-order valence-electron chi connectivity index (χ2n) is 3.45. The summed E-state index contributed by atoms with van der Waals surface area (Å²) in [6, 6.07) is 14.1. The molecule has 0 saturated heterocycles. The number of rotatable bonds is 1. The second kappa shape index (κ2) is 5.91. The fourth-order valence-corrected chi connectivity index (χ4v) is 1.77. The third kappa shape index (κ3) is 3.13. The number of hydrogen-bond donors (Lipinski definition) is 0. The number of benzene rings is 2. The molecule has 86 valence electrons. The van der Waals surface area contributed by atoms with Crippen LogP contribution >= 0.6 is 11.8 Å². The van der Waals surface area contributed by atoms with Crippen LogP contribution in [0.2, 0.25) is 0 Å². The maximum Gasteiger partial charge on any atom is 0.139 e. The minimum atomic E-state index is -0.415. The van der Waals surface area contributed by atoms with Crippen LogP contribution < -0.4 is 0 Å². The van der Waals surface area contributed by atoms with Crippen molar-refractivity contribution < 1.29 is 4.39 Å². The smallest absolute Gasteiger partial charge is 0.139 e. The van der Waals surface area contributed by atoms with Gasteiger partial charge in [-0.05, 0) is 42.1 Å². The summed E-state index contributed by atoms with van der Waals surface area (Å²) in [6.45, 7) is 0. The van der Waals surface area contributed by atoms with Crippen LogP contribution in [0.25, 0.3) is 0 Å². The first kappa shape index (κ1) is 12.2. The molecule has 0 atom stereocenters. The van der Waals surface area contributed by atoms with Crippen LogP contribution in [0.4, 0.5) is 4.39 Å². The van der Waals surface area contributed by atoms with Gasteiger partial charge in [0.1, 0.15) is 11.2 Å². The Labute approximate surface area is 109 Å². The lowest BCUT2D eigenvalue weighted by Crippen LogP contribution is -1.82. The second-order valence-corrected chi connectivity index (χ2v) is 4.28. The summed E-state index contributed by atoms with van der Waals surface area (Å²) in [5.74, 6) is 5.42. The largest absolute Gasteiger partial charge is 0.206 e. The van der Waals surface area contributed by atoms with Crippen molar-refractivity contribution in [3.05, 3.63) is 65.5 Å². The highest BCUT2D eigenvalue weighted by atomic mass is 32.2. The maximum atomic E-state index is 13.5. The number of nitriles is 1. The van der Waals surface area contributed by atoms with Gasteiger partial charge < -0.3 is 0 Å². The Morgan fingerprint density at radius 1 is 0.944 bits per heavy atom. The quantitative estimate of drug-likeness (QED) is 0.438. The molecule has 18 heavy (non-hydrogen) atoms. The van der Waals surface area contributed by atoms with Gasteiger partial charge in [0, 0.05) is 11.1 Å². The minimum Gasteiger partial charge on any atom is -0.206 e. The molecule has 2 aromatic rings. The van der Waals surface area contributed by atoms with Gasteiger partial charge >= 0.3 is 0 Å². The van der Waals surface area contributed by atoms with Crippen molar-refractivity contribution in [1.29, 1.82) is 5.26 Å². The summed E-state index contributed by atoms with van der Waals surface area (Å²) in [5, 5.41) is 10.3. The third-order valence-corrected chi connectivity index (χ3v) is 2.85. The number of hydrogen-bond acceptors (Lipinski definition) is 2. The fraction of sp³-hybridized carbons (Fsp3) is 0. The molecule has 0 aromatic heterocycles. The Kier molecular flexibility index (Phi) is 4.02. The minimum absolute atomic E-state index is 0.322. The van der Waals surface area contributed by atoms with Gasteiger partial charge in [0.15, 0.2) is 0 Å². The van der Waals surface area contributed by atoms with Gasteiger partial charge in [-0.25, -0.2) is 4.39 Å². The van der Waals surface area contributed by atoms with E-state index in [1.54, 1.807) is 12.1 Å². The van der Waals surface area contributed by atoms with Crippen molar-refractivity contribution in [3.63, 3.8) is 0 Å². The van der Waals surface area contributed by atoms with Gasteiger partial charge in [-0.15, -0.1) is 0 Å². The molecular formula is C15H8FNS. The Bertz CT molecular complexity index is 648. The van der Waals surface area contributed by atoms with Crippen molar-refractivity contribution in [1.82, 2.24) is 0 Å². The van der Waals surface area contributed by atoms with Crippen molar-refractivity contribution in [2.24, 2.45) is 0 Å². The van der Waals surface area contributed by atoms with Gasteiger partial charge in [-0.3, -0.25) is 0 Å². The standard InChI is InChI=1S/C15H8FNS/c16-14-10-13(8-9-15(14)18-11-17)7-6-12-4-2-1-3-5-12/h1-5,8-10H. The van der Waals surface area contributed by atoms with E-state index in [-0.39, 0.29) is 0 Å². The van der Waals surface area contributed by atoms with E-state index in [2.05, 4.69) is 11.8 Å². The lowest BCUT2D eigenvalue weighted by molar-refractivity contribution is 0.602. The van der Waals surface area contributed by atoms with Gasteiger partial charge in [0.05, 0.1) is 4.90 Å². The van der Waals surface area contributed by atoms with E-state index in [0.717, 1.165) is 17.3 Å². The van der Waals surface area contributed by atoms with Crippen LogP contribution in [-0.2, 0) is 0 Å². The zero-order valence-electron chi connectivity index (χ0n) is 9.35. The summed E-state index contributed by atoms with van der Waals surface area (Å²) in [7, 11) is 0. The van der Waals surface area contributed by atoms with Gasteiger partial charge in [0.25, 0.3) is 0 Å². The van der Waals surface area contributed by atoms with Crippen molar-refractivity contribution in [2.75, 3.05) is 0 Å². The molecule has 0 saturated carbocycles. The topological polar surface area (TPSA) is 23.8 Å². The zero-order chi connectivity index (χ0) is 12.8. The lowest BCUT2D eigenvalue weighted by Gasteiger charge is -1.97. The van der Waals surface area contributed by atoms with Crippen LogP contribution in [0.5, 0.6) is 0 Å². The Morgan fingerprint density at radius 2 is 1.67 bits per heavy atom. The predicted molar refractivity (Wildman–Crippen MR) is 70.3 cm³/mol. The van der Waals surface area contributed by atoms with E-state index in [1.807, 2.05) is 35.7 Å². The molecule has 1 nitrogen and oxygen atoms in total. The average molecular weight is 253 g/mol. The van der Waals surface area contributed by atoms with Crippen LogP contribution in [0.3, 0.4) is 0 Å². The van der Waals surface area contributed by atoms with Gasteiger partial charge in [-0.1, -0.05) is 30.0 Å². The monoisotopic (exact) mass is 253 g/mol. The molecular weight excluding hydrogens is 245 g/mol. The maximum absolute atomic E-state index is 13.5. The predicted octanol–water partition coefficient (Wildman–Crippen LogP) is 3.80. The highest BCUT2D eigenvalue weighted by Gasteiger charge is 2.02. The van der Waals surface area contributed by atoms with Gasteiger partial charge in [-0.2, -0.15) is 5.26 Å². The van der Waals surface area contributed by atoms with E-state index in [4.69, 9.17) is 5.26 Å². The number of thiocyanates is 1. The average Bonchev–Trinajstić information content (AvgIpc) is 2.41. The van der Waals surface area contributed by atoms with Gasteiger partial charge in [0.2, 0.25) is 0 Å². The molecule has 0 amide bonds. The Balaban J connectivity index is 2.24. The first-order valence-electron chi connectivity index (χ1n) is 5.22. The number of nitrogens with zero attached hydrogens (tertiary/aromatic N) is 1. The first-order chi connectivity index (χ1) is 8.79. The van der Waals surface area contributed by atoms with E-state index < -0.39 is 5.82 Å². The molecule has 0 aliphatic carbocycles. The fourth-order valence-electron chi connectivity index (χ4n) is 1.38. The van der Waals surface area contributed by atoms with Crippen LogP contribution in [0.1, 0.15) is 11.1 Å². The summed E-state index contributed by atoms with van der Waals surface area (Å²) in [6.07, 6.45) is 0. The summed E-state index contributed by atoms with van der Waals surface area (Å²) >= 11 is 0.807. The molecule has 2 aromatic carbocycles. The molecule has 0 bridgehead atoms. The summed E-state index contributed by atoms with van der Waals surface area (Å²) in [4.78, 5) is 0.322. The molecule has 3 heteroatoms. The number of halogens is 1. The van der Waals surface area contributed by atoms with E-state index in [9.17, 15) is 4.39 Å². The van der Waals surface area contributed by atoms with E-state index >= 15 is 0 Å². The normalized spacial score (nSPS) is 9.11. The third-order valence-electron chi connectivity index (χ3n) is 2.21. The molecule has 0 unspecified atom stereocenters. The summed E-state index contributed by atoms with van der Waals surface area (Å²) in [5.41, 5.74) is 1.48. The van der Waals surface area contributed by atoms with Crippen molar-refractivity contribution >= 4 is 11.8 Å². The molecule has 0 heterocycles. The molecule has 0 N–H and O–H groups in total. The zero-order valence-corrected chi connectivity index (χ0v) is 10.2. The SMILES string of the molecule is N#CSc1ccc(C#Cc2ccccc2)cc1F. The molecule has 0 spiro atoms. The van der Waals surface area contributed by atoms with E-state index in [1.165, 1.54) is 6.07 Å². The Hall–Kier alpha value is -2.23. The van der Waals surface area contributed by atoms with Crippen LogP contribution in [0.15, 0.2) is 53.4 Å². The first-order valence-corrected chi connectivity index (χ1v) is 6.04. The molecule has 0 aliphatic heterocycles. The highest BCUT2D eigenvalue weighted by Crippen LogP contribution is 2.21. The van der Waals surface area contributed by atoms with Crippen molar-refractivity contribution in [2.45, 2.75) is 4.90 Å².